The number of primary amides is 1. The van der Waals surface area contributed by atoms with E-state index < -0.39 is 6.03 Å². The molecule has 3 N–H and O–H groups in total. The third kappa shape index (κ3) is 7.49. The van der Waals surface area contributed by atoms with Crippen molar-refractivity contribution in [2.45, 2.75) is 19.0 Å². The van der Waals surface area contributed by atoms with Gasteiger partial charge < -0.3 is 11.1 Å². The van der Waals surface area contributed by atoms with Gasteiger partial charge in [0.25, 0.3) is 0 Å². The van der Waals surface area contributed by atoms with E-state index in [0.29, 0.717) is 0 Å². The minimum absolute atomic E-state index is 0.422. The molecule has 0 aromatic carbocycles. The first-order valence-electron chi connectivity index (χ1n) is 2.95. The lowest BCUT2D eigenvalue weighted by Crippen LogP contribution is -2.30. The highest BCUT2D eigenvalue weighted by atomic mass is 28.2. The summed E-state index contributed by atoms with van der Waals surface area (Å²) in [6, 6.07) is 0.759. The van der Waals surface area contributed by atoms with Crippen LogP contribution in [0.3, 0.4) is 0 Å². The average Bonchev–Trinajstić information content (AvgIpc) is 1.80. The van der Waals surface area contributed by atoms with Crippen LogP contribution in [0.1, 0.15) is 6.42 Å². The van der Waals surface area contributed by atoms with E-state index in [1.165, 1.54) is 6.04 Å². The predicted molar refractivity (Wildman–Crippen MR) is 38.6 cm³/mol. The monoisotopic (exact) mass is 144 g/mol. The van der Waals surface area contributed by atoms with E-state index in [9.17, 15) is 4.79 Å². The predicted octanol–water partition coefficient (Wildman–Crippen LogP) is 0.215. The Balaban J connectivity index is 2.83. The summed E-state index contributed by atoms with van der Waals surface area (Å²) in [6.45, 7) is 2.86. The normalized spacial score (nSPS) is 9.00. The first-order chi connectivity index (χ1) is 4.27. The molecule has 0 unspecified atom stereocenters. The van der Waals surface area contributed by atoms with Crippen molar-refractivity contribution >= 4 is 15.6 Å². The number of carbonyl (C=O) groups is 1. The minimum atomic E-state index is -0.422. The van der Waals surface area contributed by atoms with Crippen LogP contribution in [0.5, 0.6) is 0 Å². The fourth-order valence-corrected chi connectivity index (χ4v) is 1.01. The molecule has 0 aliphatic heterocycles. The van der Waals surface area contributed by atoms with Crippen molar-refractivity contribution in [3.63, 3.8) is 0 Å². The number of carbonyl (C=O) groups excluding carboxylic acids is 1. The average molecular weight is 144 g/mol. The van der Waals surface area contributed by atoms with Crippen molar-refractivity contribution in [1.29, 1.82) is 0 Å². The number of amides is 2. The van der Waals surface area contributed by atoms with Crippen LogP contribution in [0, 0.1) is 0 Å². The van der Waals surface area contributed by atoms with Crippen molar-refractivity contribution < 1.29 is 4.79 Å². The van der Waals surface area contributed by atoms with Crippen LogP contribution in [0.25, 0.3) is 0 Å². The molecule has 0 aromatic heterocycles. The molecule has 2 amide bonds. The van der Waals surface area contributed by atoms with Crippen LogP contribution >= 0.6 is 0 Å². The summed E-state index contributed by atoms with van der Waals surface area (Å²) in [7, 11) is 0.969. The summed E-state index contributed by atoms with van der Waals surface area (Å²) in [5.41, 5.74) is 4.83. The molecule has 0 saturated heterocycles. The zero-order valence-corrected chi connectivity index (χ0v) is 6.61. The van der Waals surface area contributed by atoms with E-state index in [0.717, 1.165) is 22.5 Å². The molecule has 0 spiro atoms. The lowest BCUT2D eigenvalue weighted by Gasteiger charge is -1.97. The Hall–Kier alpha value is -0.513. The van der Waals surface area contributed by atoms with Gasteiger partial charge in [0, 0.05) is 16.1 Å². The largest absolute Gasteiger partial charge is 0.352 e. The van der Waals surface area contributed by atoms with E-state index >= 15 is 0 Å². The molecule has 0 aliphatic carbocycles. The Kier molecular flexibility index (Phi) is 5.30. The molecule has 9 heavy (non-hydrogen) atoms. The minimum Gasteiger partial charge on any atom is -0.352 e. The Bertz CT molecular complexity index is 87.0. The lowest BCUT2D eigenvalue weighted by atomic mass is 10.5. The summed E-state index contributed by atoms with van der Waals surface area (Å²) >= 11 is 0. The van der Waals surface area contributed by atoms with Gasteiger partial charge >= 0.3 is 6.03 Å². The molecule has 4 heteroatoms. The molecule has 0 atom stereocenters. The topological polar surface area (TPSA) is 55.1 Å². The molecule has 0 aromatic rings. The van der Waals surface area contributed by atoms with Crippen LogP contribution in [-0.4, -0.2) is 22.1 Å². The van der Waals surface area contributed by atoms with Crippen molar-refractivity contribution in [3.8, 4) is 0 Å². The molecule has 0 heterocycles. The number of rotatable bonds is 4. The number of nitrogens with one attached hydrogen (secondary N) is 1. The molecule has 0 rings (SSSR count). The van der Waals surface area contributed by atoms with E-state index in [-0.39, 0.29) is 0 Å². The summed E-state index contributed by atoms with van der Waals surface area (Å²) in [4.78, 5) is 10.1. The SMILES string of the molecule is C[Si]CCCNC(N)=O. The van der Waals surface area contributed by atoms with Crippen molar-refractivity contribution in [3.05, 3.63) is 0 Å². The van der Waals surface area contributed by atoms with Crippen LogP contribution in [0.2, 0.25) is 12.6 Å². The fraction of sp³-hybridized carbons (Fsp3) is 0.800. The molecule has 0 bridgehead atoms. The molecular weight excluding hydrogens is 132 g/mol. The van der Waals surface area contributed by atoms with E-state index in [1.807, 2.05) is 0 Å². The van der Waals surface area contributed by atoms with Gasteiger partial charge in [-0.05, 0) is 6.42 Å². The first-order valence-corrected chi connectivity index (χ1v) is 4.66. The Morgan fingerprint density at radius 3 is 2.89 bits per heavy atom. The number of hydrogen-bond donors (Lipinski definition) is 2. The molecule has 3 nitrogen and oxygen atoms in total. The molecule has 0 saturated carbocycles. The molecule has 52 valence electrons. The van der Waals surface area contributed by atoms with Gasteiger partial charge in [0.05, 0.1) is 0 Å². The highest BCUT2D eigenvalue weighted by molar-refractivity contribution is 6.33. The van der Waals surface area contributed by atoms with Gasteiger partial charge in [-0.25, -0.2) is 4.79 Å². The Labute approximate surface area is 57.8 Å². The maximum absolute atomic E-state index is 10.1. The highest BCUT2D eigenvalue weighted by Gasteiger charge is 1.88. The summed E-state index contributed by atoms with van der Waals surface area (Å²) in [6.07, 6.45) is 1.04. The van der Waals surface area contributed by atoms with Gasteiger partial charge in [0.15, 0.2) is 0 Å². The lowest BCUT2D eigenvalue weighted by molar-refractivity contribution is 0.249. The molecule has 0 fully saturated rings. The van der Waals surface area contributed by atoms with Gasteiger partial charge in [0.1, 0.15) is 0 Å². The molecular formula is C5H12N2OSi. The molecule has 2 radical (unpaired) electrons. The standard InChI is InChI=1S/C5H12N2OSi/c1-9-4-2-3-7-5(6)8/h2-4H2,1H3,(H3,6,7,8). The van der Waals surface area contributed by atoms with Crippen LogP contribution in [0.15, 0.2) is 0 Å². The van der Waals surface area contributed by atoms with Gasteiger partial charge in [0.2, 0.25) is 0 Å². The van der Waals surface area contributed by atoms with Gasteiger partial charge in [-0.3, -0.25) is 0 Å². The zero-order chi connectivity index (χ0) is 7.11. The number of nitrogens with two attached hydrogens (primary N) is 1. The molecule has 0 aliphatic rings. The van der Waals surface area contributed by atoms with Gasteiger partial charge in [-0.15, -0.1) is 0 Å². The summed E-state index contributed by atoms with van der Waals surface area (Å²) < 4.78 is 0. The van der Waals surface area contributed by atoms with Gasteiger partial charge in [-0.1, -0.05) is 12.6 Å². The van der Waals surface area contributed by atoms with Crippen LogP contribution < -0.4 is 11.1 Å². The highest BCUT2D eigenvalue weighted by Crippen LogP contribution is 1.83. The summed E-state index contributed by atoms with van der Waals surface area (Å²) in [5.74, 6) is 0. The van der Waals surface area contributed by atoms with Crippen LogP contribution in [0.4, 0.5) is 4.79 Å². The Morgan fingerprint density at radius 1 is 1.78 bits per heavy atom. The van der Waals surface area contributed by atoms with Crippen molar-refractivity contribution in [2.75, 3.05) is 6.54 Å². The first kappa shape index (κ1) is 8.49. The zero-order valence-electron chi connectivity index (χ0n) is 5.61. The fourth-order valence-electron chi connectivity index (χ4n) is 0.477. The third-order valence-corrected chi connectivity index (χ3v) is 1.76. The number of hydrogen-bond acceptors (Lipinski definition) is 1. The Morgan fingerprint density at radius 2 is 2.44 bits per heavy atom. The van der Waals surface area contributed by atoms with E-state index in [1.54, 1.807) is 0 Å². The quantitative estimate of drug-likeness (QED) is 0.430. The van der Waals surface area contributed by atoms with Gasteiger partial charge in [-0.2, -0.15) is 0 Å². The summed E-state index contributed by atoms with van der Waals surface area (Å²) in [5, 5.41) is 2.52. The maximum atomic E-state index is 10.1. The number of urea groups is 1. The van der Waals surface area contributed by atoms with E-state index in [2.05, 4.69) is 11.9 Å². The second-order valence-corrected chi connectivity index (χ2v) is 2.96. The maximum Gasteiger partial charge on any atom is 0.312 e. The second kappa shape index (κ2) is 5.62. The van der Waals surface area contributed by atoms with Crippen molar-refractivity contribution in [1.82, 2.24) is 5.32 Å². The third-order valence-electron chi connectivity index (χ3n) is 0.903. The van der Waals surface area contributed by atoms with Crippen LogP contribution in [-0.2, 0) is 0 Å². The van der Waals surface area contributed by atoms with E-state index in [4.69, 9.17) is 5.73 Å². The smallest absolute Gasteiger partial charge is 0.312 e. The second-order valence-electron chi connectivity index (χ2n) is 1.75. The van der Waals surface area contributed by atoms with Crippen molar-refractivity contribution in [2.24, 2.45) is 5.73 Å².